The number of pyridine rings is 2. The van der Waals surface area contributed by atoms with Gasteiger partial charge < -0.3 is 10.3 Å². The van der Waals surface area contributed by atoms with Gasteiger partial charge in [0.25, 0.3) is 5.91 Å². The number of aliphatic imine (C=N–C) groups is 1. The van der Waals surface area contributed by atoms with E-state index in [0.29, 0.717) is 10.6 Å². The molecule has 0 bridgehead atoms. The minimum Gasteiger partial charge on any atom is -0.359 e. The van der Waals surface area contributed by atoms with Crippen LogP contribution >= 0.6 is 11.6 Å². The van der Waals surface area contributed by atoms with Crippen molar-refractivity contribution in [3.63, 3.8) is 0 Å². The normalized spacial score (nSPS) is 16.7. The Hall–Kier alpha value is -4.15. The zero-order valence-corrected chi connectivity index (χ0v) is 21.3. The van der Waals surface area contributed by atoms with Gasteiger partial charge in [-0.25, -0.2) is 12.8 Å². The van der Waals surface area contributed by atoms with Crippen LogP contribution in [0.1, 0.15) is 21.5 Å². The maximum Gasteiger partial charge on any atom is 0.257 e. The van der Waals surface area contributed by atoms with Gasteiger partial charge in [-0.3, -0.25) is 19.6 Å². The first-order valence-electron chi connectivity index (χ1n) is 11.4. The molecule has 1 unspecified atom stereocenters. The number of benzene rings is 2. The number of H-pyrrole nitrogens is 1. The molecule has 192 valence electrons. The zero-order valence-electron chi connectivity index (χ0n) is 19.7. The minimum absolute atomic E-state index is 0.0295. The SMILES string of the molecule is O=C(NCc1ccc(Cl)cc1)c1c[nH]c2c(S(=O)(=O)C3(Cc4ccncc4)C=CC=N3)cc(F)cc2c1=O. The standard InChI is InChI=1S/C27H20ClFN4O4S/c28-19-4-2-18(3-5-19)15-32-26(35)22-16-31-24-21(25(22)34)12-20(29)13-23(24)38(36,37)27(8-1-9-33-27)14-17-6-10-30-11-7-17/h1-13,16H,14-15H2,(H,31,34)(H,32,35). The molecular weight excluding hydrogens is 531 g/mol. The number of hydrogen-bond donors (Lipinski definition) is 2. The number of aromatic nitrogens is 2. The second kappa shape index (κ2) is 9.96. The lowest BCUT2D eigenvalue weighted by molar-refractivity contribution is 0.0949. The number of nitrogens with zero attached hydrogens (tertiary/aromatic N) is 2. The molecule has 0 aliphatic carbocycles. The summed E-state index contributed by atoms with van der Waals surface area (Å²) in [6.45, 7) is 0.123. The van der Waals surface area contributed by atoms with Crippen molar-refractivity contribution in [1.82, 2.24) is 15.3 Å². The van der Waals surface area contributed by atoms with Crippen molar-refractivity contribution in [2.75, 3.05) is 0 Å². The Morgan fingerprint density at radius 1 is 1.08 bits per heavy atom. The summed E-state index contributed by atoms with van der Waals surface area (Å²) >= 11 is 5.87. The molecule has 2 aromatic carbocycles. The molecule has 0 saturated carbocycles. The molecule has 4 aromatic rings. The first-order valence-corrected chi connectivity index (χ1v) is 13.3. The number of aromatic amines is 1. The molecule has 2 aromatic heterocycles. The third-order valence-electron chi connectivity index (χ3n) is 6.23. The highest BCUT2D eigenvalue weighted by molar-refractivity contribution is 7.93. The number of allylic oxidation sites excluding steroid dienone is 1. The second-order valence-corrected chi connectivity index (χ2v) is 11.3. The Balaban J connectivity index is 1.54. The Kier molecular flexibility index (Phi) is 6.68. The summed E-state index contributed by atoms with van der Waals surface area (Å²) in [5.41, 5.74) is 0.197. The summed E-state index contributed by atoms with van der Waals surface area (Å²) in [6, 6.07) is 11.9. The van der Waals surface area contributed by atoms with Crippen LogP contribution in [0.15, 0.2) is 94.0 Å². The summed E-state index contributed by atoms with van der Waals surface area (Å²) in [5.74, 6) is -1.64. The number of nitrogens with one attached hydrogen (secondary N) is 2. The maximum atomic E-state index is 14.8. The molecule has 0 fully saturated rings. The van der Waals surface area contributed by atoms with Gasteiger partial charge in [-0.2, -0.15) is 0 Å². The van der Waals surface area contributed by atoms with E-state index in [9.17, 15) is 22.4 Å². The van der Waals surface area contributed by atoms with E-state index in [1.165, 1.54) is 30.8 Å². The van der Waals surface area contributed by atoms with Crippen molar-refractivity contribution in [3.05, 3.63) is 117 Å². The number of amides is 1. The first-order chi connectivity index (χ1) is 18.2. The van der Waals surface area contributed by atoms with Gasteiger partial charge in [0.05, 0.1) is 15.8 Å². The average molecular weight is 551 g/mol. The molecule has 0 saturated heterocycles. The van der Waals surface area contributed by atoms with E-state index in [-0.39, 0.29) is 29.4 Å². The highest BCUT2D eigenvalue weighted by Crippen LogP contribution is 2.36. The summed E-state index contributed by atoms with van der Waals surface area (Å²) in [5, 5.41) is 2.90. The molecular formula is C27H20ClFN4O4S. The molecule has 2 N–H and O–H groups in total. The van der Waals surface area contributed by atoms with Crippen molar-refractivity contribution in [3.8, 4) is 0 Å². The van der Waals surface area contributed by atoms with Gasteiger partial charge in [-0.1, -0.05) is 23.7 Å². The van der Waals surface area contributed by atoms with Crippen LogP contribution in [0.5, 0.6) is 0 Å². The number of halogens is 2. The minimum atomic E-state index is -4.37. The van der Waals surface area contributed by atoms with E-state index in [1.54, 1.807) is 36.4 Å². The zero-order chi connectivity index (χ0) is 26.9. The molecule has 11 heteroatoms. The van der Waals surface area contributed by atoms with Gasteiger partial charge in [-0.05, 0) is 59.7 Å². The van der Waals surface area contributed by atoms with Crippen molar-refractivity contribution in [1.29, 1.82) is 0 Å². The number of carbonyl (C=O) groups is 1. The van der Waals surface area contributed by atoms with Crippen molar-refractivity contribution in [2.24, 2.45) is 4.99 Å². The van der Waals surface area contributed by atoms with Crippen molar-refractivity contribution in [2.45, 2.75) is 22.7 Å². The molecule has 8 nitrogen and oxygen atoms in total. The van der Waals surface area contributed by atoms with Gasteiger partial charge in [0.15, 0.2) is 4.87 Å². The quantitative estimate of drug-likeness (QED) is 0.360. The molecule has 3 heterocycles. The van der Waals surface area contributed by atoms with E-state index < -0.39 is 36.8 Å². The van der Waals surface area contributed by atoms with Gasteiger partial charge in [-0.15, -0.1) is 0 Å². The van der Waals surface area contributed by atoms with E-state index >= 15 is 0 Å². The Labute approximate surface area is 221 Å². The molecule has 1 amide bonds. The summed E-state index contributed by atoms with van der Waals surface area (Å²) < 4.78 is 42.8. The lowest BCUT2D eigenvalue weighted by Gasteiger charge is -2.25. The summed E-state index contributed by atoms with van der Waals surface area (Å²) in [4.78, 5) is 34.8. The molecule has 1 atom stereocenters. The van der Waals surface area contributed by atoms with Gasteiger partial charge in [0, 0.05) is 42.8 Å². The van der Waals surface area contributed by atoms with E-state index in [1.807, 2.05) is 0 Å². The monoisotopic (exact) mass is 550 g/mol. The van der Waals surface area contributed by atoms with Crippen LogP contribution in [0.2, 0.25) is 5.02 Å². The first kappa shape index (κ1) is 25.5. The third kappa shape index (κ3) is 4.64. The van der Waals surface area contributed by atoms with Gasteiger partial charge in [0.2, 0.25) is 15.3 Å². The van der Waals surface area contributed by atoms with Crippen LogP contribution in [-0.2, 0) is 22.8 Å². The fourth-order valence-corrected chi connectivity index (χ4v) is 6.30. The van der Waals surface area contributed by atoms with Crippen LogP contribution < -0.4 is 10.7 Å². The highest BCUT2D eigenvalue weighted by Gasteiger charge is 2.45. The van der Waals surface area contributed by atoms with Crippen molar-refractivity contribution >= 4 is 44.5 Å². The highest BCUT2D eigenvalue weighted by atomic mass is 35.5. The van der Waals surface area contributed by atoms with E-state index in [0.717, 1.165) is 23.9 Å². The Morgan fingerprint density at radius 3 is 2.50 bits per heavy atom. The fourth-order valence-electron chi connectivity index (χ4n) is 4.27. The topological polar surface area (TPSA) is 121 Å². The van der Waals surface area contributed by atoms with Crippen LogP contribution in [-0.4, -0.2) is 35.4 Å². The number of rotatable bonds is 7. The smallest absolute Gasteiger partial charge is 0.257 e. The van der Waals surface area contributed by atoms with E-state index in [4.69, 9.17) is 11.6 Å². The maximum absolute atomic E-state index is 14.8. The number of hydrogen-bond acceptors (Lipinski definition) is 6. The van der Waals surface area contributed by atoms with Crippen LogP contribution in [0.3, 0.4) is 0 Å². The Morgan fingerprint density at radius 2 is 1.82 bits per heavy atom. The molecule has 1 aliphatic rings. The van der Waals surface area contributed by atoms with Gasteiger partial charge >= 0.3 is 0 Å². The van der Waals surface area contributed by atoms with E-state index in [2.05, 4.69) is 20.3 Å². The molecule has 0 spiro atoms. The average Bonchev–Trinajstić information content (AvgIpc) is 3.39. The third-order valence-corrected chi connectivity index (χ3v) is 8.69. The lowest BCUT2D eigenvalue weighted by Crippen LogP contribution is -2.36. The lowest BCUT2D eigenvalue weighted by atomic mass is 10.1. The van der Waals surface area contributed by atoms with Crippen LogP contribution in [0.25, 0.3) is 10.9 Å². The largest absolute Gasteiger partial charge is 0.359 e. The summed E-state index contributed by atoms with van der Waals surface area (Å²) in [6.07, 6.45) is 8.47. The molecule has 1 aliphatic heterocycles. The fraction of sp³-hybridized carbons (Fsp3) is 0.111. The van der Waals surface area contributed by atoms with Gasteiger partial charge in [0.1, 0.15) is 11.4 Å². The second-order valence-electron chi connectivity index (χ2n) is 8.68. The predicted octanol–water partition coefficient (Wildman–Crippen LogP) is 4.00. The molecule has 38 heavy (non-hydrogen) atoms. The number of sulfone groups is 1. The van der Waals surface area contributed by atoms with Crippen LogP contribution in [0, 0.1) is 5.82 Å². The van der Waals surface area contributed by atoms with Crippen LogP contribution in [0.4, 0.5) is 4.39 Å². The number of carbonyl (C=O) groups excluding carboxylic acids is 1. The van der Waals surface area contributed by atoms with Crippen molar-refractivity contribution < 1.29 is 17.6 Å². The Bertz CT molecular complexity index is 1760. The molecule has 0 radical (unpaired) electrons. The summed E-state index contributed by atoms with van der Waals surface area (Å²) in [7, 11) is -4.37. The molecule has 5 rings (SSSR count). The number of fused-ring (bicyclic) bond motifs is 1. The predicted molar refractivity (Wildman–Crippen MR) is 143 cm³/mol.